The van der Waals surface area contributed by atoms with Gasteiger partial charge in [0.2, 0.25) is 0 Å². The molecule has 1 N–H and O–H groups in total. The standard InChI is InChI=1S/C21H21N3O3/c1-4-21(17-9-10-18(27-3)14(2)11-17)19(25)24(20(26)23-21)13-16-8-6-5-7-15(16)12-22/h5-11H,4,13H2,1-3H3,(H,23,26). The van der Waals surface area contributed by atoms with E-state index >= 15 is 0 Å². The van der Waals surface area contributed by atoms with E-state index in [0.29, 0.717) is 17.5 Å². The van der Waals surface area contributed by atoms with Crippen molar-refractivity contribution in [3.63, 3.8) is 0 Å². The number of nitriles is 1. The Morgan fingerprint density at radius 2 is 1.96 bits per heavy atom. The number of carbonyl (C=O) groups is 2. The van der Waals surface area contributed by atoms with E-state index < -0.39 is 11.6 Å². The highest BCUT2D eigenvalue weighted by Crippen LogP contribution is 2.35. The molecule has 1 unspecified atom stereocenters. The number of hydrogen-bond acceptors (Lipinski definition) is 4. The van der Waals surface area contributed by atoms with Crippen molar-refractivity contribution < 1.29 is 14.3 Å². The first-order chi connectivity index (χ1) is 13.0. The van der Waals surface area contributed by atoms with Crippen LogP contribution in [0.4, 0.5) is 4.79 Å². The molecule has 3 rings (SSSR count). The van der Waals surface area contributed by atoms with Gasteiger partial charge in [0.15, 0.2) is 0 Å². The number of methoxy groups -OCH3 is 1. The molecule has 27 heavy (non-hydrogen) atoms. The molecule has 6 heteroatoms. The lowest BCUT2D eigenvalue weighted by molar-refractivity contribution is -0.132. The Balaban J connectivity index is 1.98. The second-order valence-corrected chi connectivity index (χ2v) is 6.53. The van der Waals surface area contributed by atoms with Crippen molar-refractivity contribution in [2.24, 2.45) is 0 Å². The lowest BCUT2D eigenvalue weighted by atomic mass is 9.86. The summed E-state index contributed by atoms with van der Waals surface area (Å²) in [5.41, 5.74) is 1.58. The number of aryl methyl sites for hydroxylation is 1. The van der Waals surface area contributed by atoms with Crippen LogP contribution in [0.3, 0.4) is 0 Å². The third-order valence-corrected chi connectivity index (χ3v) is 5.06. The van der Waals surface area contributed by atoms with Gasteiger partial charge in [0.05, 0.1) is 25.3 Å². The van der Waals surface area contributed by atoms with E-state index in [4.69, 9.17) is 4.74 Å². The van der Waals surface area contributed by atoms with Crippen molar-refractivity contribution in [3.05, 3.63) is 64.7 Å². The van der Waals surface area contributed by atoms with E-state index in [0.717, 1.165) is 16.9 Å². The van der Waals surface area contributed by atoms with Crippen LogP contribution in [-0.4, -0.2) is 23.9 Å². The van der Waals surface area contributed by atoms with Crippen LogP contribution in [0.1, 0.15) is 35.6 Å². The summed E-state index contributed by atoms with van der Waals surface area (Å²) in [6.07, 6.45) is 0.416. The molecule has 0 radical (unpaired) electrons. The summed E-state index contributed by atoms with van der Waals surface area (Å²) in [6, 6.07) is 14.1. The maximum absolute atomic E-state index is 13.3. The third kappa shape index (κ3) is 3.02. The number of amides is 3. The highest BCUT2D eigenvalue weighted by molar-refractivity contribution is 6.07. The molecule has 1 aliphatic heterocycles. The molecule has 0 bridgehead atoms. The number of nitrogens with zero attached hydrogens (tertiary/aromatic N) is 2. The molecule has 2 aromatic rings. The van der Waals surface area contributed by atoms with Gasteiger partial charge in [0, 0.05) is 0 Å². The van der Waals surface area contributed by atoms with Gasteiger partial charge < -0.3 is 10.1 Å². The molecule has 0 spiro atoms. The second-order valence-electron chi connectivity index (χ2n) is 6.53. The van der Waals surface area contributed by atoms with E-state index in [1.807, 2.05) is 19.9 Å². The minimum absolute atomic E-state index is 0.0608. The van der Waals surface area contributed by atoms with E-state index in [1.54, 1.807) is 43.5 Å². The van der Waals surface area contributed by atoms with Crippen molar-refractivity contribution in [1.29, 1.82) is 5.26 Å². The number of carbonyl (C=O) groups excluding carboxylic acids is 2. The Bertz CT molecular complexity index is 948. The first kappa shape index (κ1) is 18.5. The maximum Gasteiger partial charge on any atom is 0.325 e. The lowest BCUT2D eigenvalue weighted by Gasteiger charge is -2.26. The van der Waals surface area contributed by atoms with Gasteiger partial charge >= 0.3 is 6.03 Å². The van der Waals surface area contributed by atoms with Crippen LogP contribution in [0.15, 0.2) is 42.5 Å². The number of imide groups is 1. The Morgan fingerprint density at radius 3 is 2.59 bits per heavy atom. The van der Waals surface area contributed by atoms with Crippen molar-refractivity contribution >= 4 is 11.9 Å². The van der Waals surface area contributed by atoms with E-state index in [9.17, 15) is 14.9 Å². The maximum atomic E-state index is 13.3. The molecular weight excluding hydrogens is 342 g/mol. The number of hydrogen-bond donors (Lipinski definition) is 1. The molecule has 2 aromatic carbocycles. The fourth-order valence-electron chi connectivity index (χ4n) is 3.49. The summed E-state index contributed by atoms with van der Waals surface area (Å²) < 4.78 is 5.29. The number of urea groups is 1. The van der Waals surface area contributed by atoms with Gasteiger partial charge in [-0.2, -0.15) is 5.26 Å². The number of nitrogens with one attached hydrogen (secondary N) is 1. The first-order valence-electron chi connectivity index (χ1n) is 8.74. The summed E-state index contributed by atoms with van der Waals surface area (Å²) in [7, 11) is 1.59. The van der Waals surface area contributed by atoms with Crippen LogP contribution in [0, 0.1) is 18.3 Å². The summed E-state index contributed by atoms with van der Waals surface area (Å²) in [5.74, 6) is 0.411. The van der Waals surface area contributed by atoms with Crippen LogP contribution in [0.25, 0.3) is 0 Å². The minimum atomic E-state index is -1.12. The Morgan fingerprint density at radius 1 is 1.22 bits per heavy atom. The van der Waals surface area contributed by atoms with Crippen LogP contribution >= 0.6 is 0 Å². The first-order valence-corrected chi connectivity index (χ1v) is 8.74. The lowest BCUT2D eigenvalue weighted by Crippen LogP contribution is -2.43. The average Bonchev–Trinajstić information content (AvgIpc) is 2.93. The Kier molecular flexibility index (Phi) is 4.87. The van der Waals surface area contributed by atoms with Gasteiger partial charge in [-0.15, -0.1) is 0 Å². The van der Waals surface area contributed by atoms with Crippen molar-refractivity contribution in [2.75, 3.05) is 7.11 Å². The van der Waals surface area contributed by atoms with Gasteiger partial charge in [0.25, 0.3) is 5.91 Å². The molecule has 1 heterocycles. The van der Waals surface area contributed by atoms with Gasteiger partial charge in [-0.1, -0.05) is 31.2 Å². The molecule has 1 atom stereocenters. The quantitative estimate of drug-likeness (QED) is 0.827. The molecule has 1 fully saturated rings. The highest BCUT2D eigenvalue weighted by atomic mass is 16.5. The predicted molar refractivity (Wildman–Crippen MR) is 99.9 cm³/mol. The molecule has 3 amide bonds. The molecule has 138 valence electrons. The fourth-order valence-corrected chi connectivity index (χ4v) is 3.49. The van der Waals surface area contributed by atoms with Gasteiger partial charge in [0.1, 0.15) is 11.3 Å². The molecule has 1 aliphatic rings. The zero-order valence-electron chi connectivity index (χ0n) is 15.6. The normalized spacial score (nSPS) is 19.0. The third-order valence-electron chi connectivity index (χ3n) is 5.06. The predicted octanol–water partition coefficient (Wildman–Crippen LogP) is 3.23. The van der Waals surface area contributed by atoms with Gasteiger partial charge in [-0.25, -0.2) is 4.79 Å². The number of ether oxygens (including phenoxy) is 1. The van der Waals surface area contributed by atoms with Crippen molar-refractivity contribution in [3.8, 4) is 11.8 Å². The van der Waals surface area contributed by atoms with Crippen molar-refractivity contribution in [1.82, 2.24) is 10.2 Å². The van der Waals surface area contributed by atoms with Crippen LogP contribution in [0.2, 0.25) is 0 Å². The van der Waals surface area contributed by atoms with E-state index in [1.165, 1.54) is 4.90 Å². The summed E-state index contributed by atoms with van der Waals surface area (Å²) in [6.45, 7) is 3.82. The van der Waals surface area contributed by atoms with E-state index in [2.05, 4.69) is 11.4 Å². The summed E-state index contributed by atoms with van der Waals surface area (Å²) >= 11 is 0. The fraction of sp³-hybridized carbons (Fsp3) is 0.286. The number of rotatable bonds is 5. The van der Waals surface area contributed by atoms with Gasteiger partial charge in [-0.3, -0.25) is 9.69 Å². The van der Waals surface area contributed by atoms with Gasteiger partial charge in [-0.05, 0) is 48.2 Å². The smallest absolute Gasteiger partial charge is 0.325 e. The Hall–Kier alpha value is -3.33. The zero-order chi connectivity index (χ0) is 19.6. The summed E-state index contributed by atoms with van der Waals surface area (Å²) in [4.78, 5) is 27.1. The van der Waals surface area contributed by atoms with Crippen LogP contribution in [0.5, 0.6) is 5.75 Å². The number of benzene rings is 2. The van der Waals surface area contributed by atoms with Crippen LogP contribution in [-0.2, 0) is 16.9 Å². The second kappa shape index (κ2) is 7.12. The molecular formula is C21H21N3O3. The van der Waals surface area contributed by atoms with Crippen LogP contribution < -0.4 is 10.1 Å². The average molecular weight is 363 g/mol. The molecule has 0 aromatic heterocycles. The largest absolute Gasteiger partial charge is 0.496 e. The Labute approximate surface area is 158 Å². The van der Waals surface area contributed by atoms with Crippen molar-refractivity contribution in [2.45, 2.75) is 32.4 Å². The topological polar surface area (TPSA) is 82.4 Å². The minimum Gasteiger partial charge on any atom is -0.496 e. The van der Waals surface area contributed by atoms with E-state index in [-0.39, 0.29) is 12.5 Å². The summed E-state index contributed by atoms with van der Waals surface area (Å²) in [5, 5.41) is 12.1. The molecule has 0 aliphatic carbocycles. The molecule has 6 nitrogen and oxygen atoms in total. The SMILES string of the molecule is CCC1(c2ccc(OC)c(C)c2)NC(=O)N(Cc2ccccc2C#N)C1=O. The molecule has 1 saturated heterocycles. The monoisotopic (exact) mass is 363 g/mol. The molecule has 0 saturated carbocycles. The highest BCUT2D eigenvalue weighted by Gasteiger charge is 2.51. The zero-order valence-corrected chi connectivity index (χ0v) is 15.6.